The van der Waals surface area contributed by atoms with Crippen LogP contribution in [0.5, 0.6) is 0 Å². The number of fused-ring (bicyclic) bond motifs is 1. The lowest BCUT2D eigenvalue weighted by Crippen LogP contribution is -1.88. The molecule has 0 amide bonds. The van der Waals surface area contributed by atoms with Crippen molar-refractivity contribution < 1.29 is 5.11 Å². The summed E-state index contributed by atoms with van der Waals surface area (Å²) in [6, 6.07) is 3.72. The second-order valence-electron chi connectivity index (χ2n) is 3.07. The molecule has 0 radical (unpaired) electrons. The third-order valence-corrected chi connectivity index (χ3v) is 2.03. The number of nitrogens with zero attached hydrogens (tertiary/aromatic N) is 2. The molecule has 1 N–H and O–H groups in total. The monoisotopic (exact) mass is 186 g/mol. The van der Waals surface area contributed by atoms with E-state index in [2.05, 4.69) is 10.9 Å². The molecule has 0 fully saturated rings. The van der Waals surface area contributed by atoms with Gasteiger partial charge in [0.2, 0.25) is 0 Å². The van der Waals surface area contributed by atoms with Crippen molar-refractivity contribution in [2.45, 2.75) is 13.0 Å². The van der Waals surface area contributed by atoms with Gasteiger partial charge in [0.25, 0.3) is 0 Å². The summed E-state index contributed by atoms with van der Waals surface area (Å²) in [7, 11) is 0. The smallest absolute Gasteiger partial charge is 0.137 e. The van der Waals surface area contributed by atoms with Gasteiger partial charge < -0.3 is 9.51 Å². The molecule has 0 aliphatic rings. The predicted molar refractivity (Wildman–Crippen MR) is 53.7 cm³/mol. The van der Waals surface area contributed by atoms with Crippen molar-refractivity contribution in [3.63, 3.8) is 0 Å². The third kappa shape index (κ3) is 1.48. The molecule has 0 bridgehead atoms. The Kier molecular flexibility index (Phi) is 2.21. The lowest BCUT2D eigenvalue weighted by atomic mass is 10.3. The number of aromatic nitrogens is 2. The first-order chi connectivity index (χ1) is 6.83. The van der Waals surface area contributed by atoms with E-state index in [9.17, 15) is 0 Å². The number of hydrogen-bond donors (Lipinski definition) is 1. The van der Waals surface area contributed by atoms with Gasteiger partial charge >= 0.3 is 0 Å². The average molecular weight is 186 g/mol. The standard InChI is InChI=1S/C11H10N2O/c1-2-3-10-7-13-6-9(8-14)4-5-11(13)12-10/h1,4-7,14H,3,8H2. The number of rotatable bonds is 2. The highest BCUT2D eigenvalue weighted by molar-refractivity contribution is 5.41. The molecule has 14 heavy (non-hydrogen) atoms. The molecule has 70 valence electrons. The van der Waals surface area contributed by atoms with Crippen LogP contribution in [-0.4, -0.2) is 14.5 Å². The average Bonchev–Trinajstić information content (AvgIpc) is 2.59. The van der Waals surface area contributed by atoms with Crippen molar-refractivity contribution in [2.75, 3.05) is 0 Å². The minimum atomic E-state index is 0.0403. The molecule has 0 spiro atoms. The molecule has 0 saturated carbocycles. The van der Waals surface area contributed by atoms with E-state index in [-0.39, 0.29) is 6.61 Å². The Morgan fingerprint density at radius 1 is 1.43 bits per heavy atom. The maximum absolute atomic E-state index is 8.94. The van der Waals surface area contributed by atoms with E-state index in [0.717, 1.165) is 16.9 Å². The molecule has 2 aromatic rings. The van der Waals surface area contributed by atoms with Gasteiger partial charge in [-0.15, -0.1) is 12.3 Å². The quantitative estimate of drug-likeness (QED) is 0.710. The van der Waals surface area contributed by atoms with E-state index in [1.54, 1.807) is 0 Å². The lowest BCUT2D eigenvalue weighted by Gasteiger charge is -1.96. The first-order valence-corrected chi connectivity index (χ1v) is 4.34. The van der Waals surface area contributed by atoms with Gasteiger partial charge in [0.15, 0.2) is 0 Å². The summed E-state index contributed by atoms with van der Waals surface area (Å²) < 4.78 is 1.87. The molecular formula is C11H10N2O. The fraction of sp³-hybridized carbons (Fsp3) is 0.182. The number of pyridine rings is 1. The van der Waals surface area contributed by atoms with Crippen LogP contribution < -0.4 is 0 Å². The Balaban J connectivity index is 2.50. The normalized spacial score (nSPS) is 10.3. The minimum Gasteiger partial charge on any atom is -0.392 e. The van der Waals surface area contributed by atoms with Gasteiger partial charge in [-0.25, -0.2) is 4.98 Å². The predicted octanol–water partition coefficient (Wildman–Crippen LogP) is 1.00. The van der Waals surface area contributed by atoms with Crippen molar-refractivity contribution in [3.8, 4) is 12.3 Å². The molecule has 2 rings (SSSR count). The van der Waals surface area contributed by atoms with Crippen LogP contribution in [0.2, 0.25) is 0 Å². The van der Waals surface area contributed by atoms with Crippen molar-refractivity contribution in [1.29, 1.82) is 0 Å². The number of imidazole rings is 1. The van der Waals surface area contributed by atoms with E-state index in [0.29, 0.717) is 6.42 Å². The maximum atomic E-state index is 8.94. The van der Waals surface area contributed by atoms with Gasteiger partial charge in [-0.05, 0) is 11.6 Å². The molecule has 0 unspecified atom stereocenters. The Morgan fingerprint density at radius 2 is 2.29 bits per heavy atom. The topological polar surface area (TPSA) is 37.5 Å². The van der Waals surface area contributed by atoms with Gasteiger partial charge in [0, 0.05) is 12.4 Å². The molecule has 0 aliphatic carbocycles. The van der Waals surface area contributed by atoms with Gasteiger partial charge in [-0.2, -0.15) is 0 Å². The van der Waals surface area contributed by atoms with Gasteiger partial charge in [0.05, 0.1) is 18.7 Å². The van der Waals surface area contributed by atoms with E-state index in [1.807, 2.05) is 28.9 Å². The molecule has 0 atom stereocenters. The fourth-order valence-electron chi connectivity index (χ4n) is 1.37. The number of aliphatic hydroxyl groups excluding tert-OH is 1. The van der Waals surface area contributed by atoms with Crippen molar-refractivity contribution in [1.82, 2.24) is 9.38 Å². The van der Waals surface area contributed by atoms with Crippen LogP contribution in [-0.2, 0) is 13.0 Å². The Labute approximate surface area is 82.0 Å². The van der Waals surface area contributed by atoms with Crippen LogP contribution in [0.1, 0.15) is 11.3 Å². The Bertz CT molecular complexity index is 493. The van der Waals surface area contributed by atoms with Crippen LogP contribution in [0.25, 0.3) is 5.65 Å². The molecule has 0 aromatic carbocycles. The van der Waals surface area contributed by atoms with Gasteiger partial charge in [-0.3, -0.25) is 0 Å². The highest BCUT2D eigenvalue weighted by atomic mass is 16.3. The highest BCUT2D eigenvalue weighted by Gasteiger charge is 2.00. The zero-order valence-electron chi connectivity index (χ0n) is 7.64. The van der Waals surface area contributed by atoms with E-state index < -0.39 is 0 Å². The molecule has 3 heteroatoms. The molecule has 0 saturated heterocycles. The van der Waals surface area contributed by atoms with Crippen LogP contribution in [0.3, 0.4) is 0 Å². The first-order valence-electron chi connectivity index (χ1n) is 4.34. The van der Waals surface area contributed by atoms with Crippen LogP contribution >= 0.6 is 0 Å². The van der Waals surface area contributed by atoms with Crippen LogP contribution in [0.4, 0.5) is 0 Å². The molecule has 0 aliphatic heterocycles. The van der Waals surface area contributed by atoms with E-state index >= 15 is 0 Å². The highest BCUT2D eigenvalue weighted by Crippen LogP contribution is 2.08. The van der Waals surface area contributed by atoms with Gasteiger partial charge in [-0.1, -0.05) is 6.07 Å². The summed E-state index contributed by atoms with van der Waals surface area (Å²) in [6.07, 6.45) is 9.47. The largest absolute Gasteiger partial charge is 0.392 e. The summed E-state index contributed by atoms with van der Waals surface area (Å²) in [5.74, 6) is 2.55. The molecule has 2 heterocycles. The third-order valence-electron chi connectivity index (χ3n) is 2.03. The minimum absolute atomic E-state index is 0.0403. The zero-order chi connectivity index (χ0) is 9.97. The lowest BCUT2D eigenvalue weighted by molar-refractivity contribution is 0.281. The van der Waals surface area contributed by atoms with Crippen LogP contribution in [0.15, 0.2) is 24.5 Å². The second kappa shape index (κ2) is 3.52. The molecule has 2 aromatic heterocycles. The summed E-state index contributed by atoms with van der Waals surface area (Å²) in [5, 5.41) is 8.94. The number of terminal acetylenes is 1. The summed E-state index contributed by atoms with van der Waals surface area (Å²) in [4.78, 5) is 4.32. The number of hydrogen-bond acceptors (Lipinski definition) is 2. The maximum Gasteiger partial charge on any atom is 0.137 e. The Morgan fingerprint density at radius 3 is 3.00 bits per heavy atom. The molecule has 3 nitrogen and oxygen atoms in total. The van der Waals surface area contributed by atoms with Crippen molar-refractivity contribution in [3.05, 3.63) is 35.8 Å². The summed E-state index contributed by atoms with van der Waals surface area (Å²) >= 11 is 0. The second-order valence-corrected chi connectivity index (χ2v) is 3.07. The van der Waals surface area contributed by atoms with E-state index in [1.165, 1.54) is 0 Å². The van der Waals surface area contributed by atoms with Gasteiger partial charge in [0.1, 0.15) is 5.65 Å². The summed E-state index contributed by atoms with van der Waals surface area (Å²) in [6.45, 7) is 0.0403. The Hall–Kier alpha value is -1.79. The fourth-order valence-corrected chi connectivity index (χ4v) is 1.37. The first kappa shape index (κ1) is 8.79. The van der Waals surface area contributed by atoms with Crippen molar-refractivity contribution in [2.24, 2.45) is 0 Å². The SMILES string of the molecule is C#CCc1cn2cc(CO)ccc2n1. The van der Waals surface area contributed by atoms with E-state index in [4.69, 9.17) is 11.5 Å². The molecular weight excluding hydrogens is 176 g/mol. The summed E-state index contributed by atoms with van der Waals surface area (Å²) in [5.41, 5.74) is 2.59. The zero-order valence-corrected chi connectivity index (χ0v) is 7.64. The van der Waals surface area contributed by atoms with Crippen LogP contribution in [0, 0.1) is 12.3 Å². The number of aliphatic hydroxyl groups is 1. The van der Waals surface area contributed by atoms with Crippen molar-refractivity contribution >= 4 is 5.65 Å².